The lowest BCUT2D eigenvalue weighted by Gasteiger charge is -2.17. The van der Waals surface area contributed by atoms with Crippen molar-refractivity contribution in [1.29, 1.82) is 0 Å². The zero-order chi connectivity index (χ0) is 10.1. The second-order valence-corrected chi connectivity index (χ2v) is 3.15. The monoisotopic (exact) mass is 193 g/mol. The van der Waals surface area contributed by atoms with Gasteiger partial charge in [0.05, 0.1) is 5.69 Å². The molecule has 1 aliphatic rings. The Morgan fingerprint density at radius 3 is 2.93 bits per heavy atom. The molecule has 0 bridgehead atoms. The number of nitrogens with zero attached hydrogens (tertiary/aromatic N) is 2. The number of hydrogen-bond acceptors (Lipinski definition) is 5. The molecule has 0 unspecified atom stereocenters. The highest BCUT2D eigenvalue weighted by molar-refractivity contribution is 5.92. The molecule has 74 valence electrons. The number of nitrogens with one attached hydrogen (secondary N) is 1. The van der Waals surface area contributed by atoms with Crippen molar-refractivity contribution in [2.75, 3.05) is 12.3 Å². The molecule has 0 fully saturated rings. The first-order valence-corrected chi connectivity index (χ1v) is 4.34. The SMILES string of the molecule is NC(=O)c1nc(N)nc2c1CNCC2. The Hall–Kier alpha value is -1.69. The molecule has 2 heterocycles. The quantitative estimate of drug-likeness (QED) is 0.519. The molecular weight excluding hydrogens is 182 g/mol. The fourth-order valence-electron chi connectivity index (χ4n) is 1.57. The predicted molar refractivity (Wildman–Crippen MR) is 50.4 cm³/mol. The molecule has 0 aromatic carbocycles. The Balaban J connectivity index is 2.58. The largest absolute Gasteiger partial charge is 0.368 e. The van der Waals surface area contributed by atoms with Gasteiger partial charge in [0.2, 0.25) is 5.95 Å². The van der Waals surface area contributed by atoms with Gasteiger partial charge in [-0.1, -0.05) is 0 Å². The Morgan fingerprint density at radius 1 is 1.43 bits per heavy atom. The summed E-state index contributed by atoms with van der Waals surface area (Å²) in [7, 11) is 0. The molecule has 0 radical (unpaired) electrons. The van der Waals surface area contributed by atoms with Crippen molar-refractivity contribution in [3.8, 4) is 0 Å². The minimum atomic E-state index is -0.556. The Labute approximate surface area is 80.7 Å². The van der Waals surface area contributed by atoms with Gasteiger partial charge < -0.3 is 16.8 Å². The molecule has 14 heavy (non-hydrogen) atoms. The zero-order valence-electron chi connectivity index (χ0n) is 7.58. The number of carbonyl (C=O) groups excluding carboxylic acids is 1. The van der Waals surface area contributed by atoms with E-state index < -0.39 is 5.91 Å². The van der Waals surface area contributed by atoms with Gasteiger partial charge in [-0.3, -0.25) is 4.79 Å². The number of rotatable bonds is 1. The summed E-state index contributed by atoms with van der Waals surface area (Å²) < 4.78 is 0. The molecule has 6 nitrogen and oxygen atoms in total. The number of hydrogen-bond donors (Lipinski definition) is 3. The van der Waals surface area contributed by atoms with E-state index in [-0.39, 0.29) is 11.6 Å². The maximum absolute atomic E-state index is 11.1. The molecule has 0 saturated heterocycles. The van der Waals surface area contributed by atoms with E-state index in [0.717, 1.165) is 24.2 Å². The van der Waals surface area contributed by atoms with Crippen LogP contribution in [0.2, 0.25) is 0 Å². The van der Waals surface area contributed by atoms with E-state index in [9.17, 15) is 4.79 Å². The van der Waals surface area contributed by atoms with Crippen molar-refractivity contribution in [1.82, 2.24) is 15.3 Å². The van der Waals surface area contributed by atoms with Crippen LogP contribution in [-0.2, 0) is 13.0 Å². The van der Waals surface area contributed by atoms with Gasteiger partial charge in [-0.2, -0.15) is 0 Å². The summed E-state index contributed by atoms with van der Waals surface area (Å²) >= 11 is 0. The third-order valence-electron chi connectivity index (χ3n) is 2.18. The standard InChI is InChI=1S/C8H11N5O/c9-7(14)6-4-3-11-2-1-5(4)12-8(10)13-6/h11H,1-3H2,(H2,9,14)(H2,10,12,13). The molecule has 0 saturated carbocycles. The smallest absolute Gasteiger partial charge is 0.267 e. The number of amides is 1. The summed E-state index contributed by atoms with van der Waals surface area (Å²) in [5, 5.41) is 3.13. The highest BCUT2D eigenvalue weighted by Crippen LogP contribution is 2.15. The molecule has 0 spiro atoms. The van der Waals surface area contributed by atoms with Crippen molar-refractivity contribution >= 4 is 11.9 Å². The van der Waals surface area contributed by atoms with E-state index in [1.165, 1.54) is 0 Å². The fourth-order valence-corrected chi connectivity index (χ4v) is 1.57. The first-order valence-electron chi connectivity index (χ1n) is 4.34. The number of fused-ring (bicyclic) bond motifs is 1. The molecule has 1 aromatic rings. The van der Waals surface area contributed by atoms with Crippen LogP contribution in [0.25, 0.3) is 0 Å². The van der Waals surface area contributed by atoms with Crippen LogP contribution in [0.15, 0.2) is 0 Å². The molecule has 1 aliphatic heterocycles. The van der Waals surface area contributed by atoms with Gasteiger partial charge >= 0.3 is 0 Å². The molecule has 0 aliphatic carbocycles. The maximum Gasteiger partial charge on any atom is 0.267 e. The van der Waals surface area contributed by atoms with E-state index >= 15 is 0 Å². The average Bonchev–Trinajstić information content (AvgIpc) is 2.16. The van der Waals surface area contributed by atoms with Crippen LogP contribution in [0.4, 0.5) is 5.95 Å². The van der Waals surface area contributed by atoms with Gasteiger partial charge in [-0.25, -0.2) is 9.97 Å². The van der Waals surface area contributed by atoms with E-state index in [4.69, 9.17) is 11.5 Å². The highest BCUT2D eigenvalue weighted by Gasteiger charge is 2.19. The summed E-state index contributed by atoms with van der Waals surface area (Å²) in [5.41, 5.74) is 12.5. The van der Waals surface area contributed by atoms with Crippen LogP contribution in [0.1, 0.15) is 21.7 Å². The number of primary amides is 1. The minimum Gasteiger partial charge on any atom is -0.368 e. The van der Waals surface area contributed by atoms with Gasteiger partial charge in [-0.15, -0.1) is 0 Å². The fraction of sp³-hybridized carbons (Fsp3) is 0.375. The van der Waals surface area contributed by atoms with Gasteiger partial charge in [0.25, 0.3) is 5.91 Å². The van der Waals surface area contributed by atoms with E-state index in [0.29, 0.717) is 6.54 Å². The van der Waals surface area contributed by atoms with Crippen LogP contribution in [-0.4, -0.2) is 22.4 Å². The third kappa shape index (κ3) is 1.39. The van der Waals surface area contributed by atoms with Gasteiger partial charge in [0.1, 0.15) is 5.69 Å². The molecule has 2 rings (SSSR count). The Kier molecular flexibility index (Phi) is 2.05. The van der Waals surface area contributed by atoms with Crippen LogP contribution in [0, 0.1) is 0 Å². The lowest BCUT2D eigenvalue weighted by Crippen LogP contribution is -2.29. The highest BCUT2D eigenvalue weighted by atomic mass is 16.1. The topological polar surface area (TPSA) is 107 Å². The second kappa shape index (κ2) is 3.22. The molecule has 6 heteroatoms. The van der Waals surface area contributed by atoms with Gasteiger partial charge in [0.15, 0.2) is 0 Å². The van der Waals surface area contributed by atoms with E-state index in [1.807, 2.05) is 0 Å². The van der Waals surface area contributed by atoms with Crippen molar-refractivity contribution in [3.05, 3.63) is 17.0 Å². The molecule has 5 N–H and O–H groups in total. The Morgan fingerprint density at radius 2 is 2.21 bits per heavy atom. The zero-order valence-corrected chi connectivity index (χ0v) is 7.58. The van der Waals surface area contributed by atoms with Crippen molar-refractivity contribution in [2.45, 2.75) is 13.0 Å². The number of nitrogens with two attached hydrogens (primary N) is 2. The summed E-state index contributed by atoms with van der Waals surface area (Å²) in [5.74, 6) is -0.446. The Bertz CT molecular complexity index is 390. The van der Waals surface area contributed by atoms with Gasteiger partial charge in [-0.05, 0) is 0 Å². The second-order valence-electron chi connectivity index (χ2n) is 3.15. The average molecular weight is 193 g/mol. The van der Waals surface area contributed by atoms with E-state index in [1.54, 1.807) is 0 Å². The minimum absolute atomic E-state index is 0.111. The summed E-state index contributed by atoms with van der Waals surface area (Å²) in [6, 6.07) is 0. The summed E-state index contributed by atoms with van der Waals surface area (Å²) in [6.07, 6.45) is 0.752. The number of nitrogen functional groups attached to an aromatic ring is 1. The summed E-state index contributed by atoms with van der Waals surface area (Å²) in [6.45, 7) is 1.41. The lowest BCUT2D eigenvalue weighted by molar-refractivity contribution is 0.0994. The van der Waals surface area contributed by atoms with Crippen LogP contribution < -0.4 is 16.8 Å². The number of carbonyl (C=O) groups is 1. The number of aromatic nitrogens is 2. The predicted octanol–water partition coefficient (Wildman–Crippen LogP) is -1.20. The molecule has 0 atom stereocenters. The summed E-state index contributed by atoms with van der Waals surface area (Å²) in [4.78, 5) is 19.0. The molecule has 1 amide bonds. The first-order chi connectivity index (χ1) is 6.68. The molecular formula is C8H11N5O. The van der Waals surface area contributed by atoms with Gasteiger partial charge in [0, 0.05) is 25.1 Å². The van der Waals surface area contributed by atoms with Crippen LogP contribution >= 0.6 is 0 Å². The van der Waals surface area contributed by atoms with Crippen molar-refractivity contribution < 1.29 is 4.79 Å². The molecule has 1 aromatic heterocycles. The van der Waals surface area contributed by atoms with Crippen LogP contribution in [0.3, 0.4) is 0 Å². The van der Waals surface area contributed by atoms with Crippen molar-refractivity contribution in [2.24, 2.45) is 5.73 Å². The third-order valence-corrected chi connectivity index (χ3v) is 2.18. The van der Waals surface area contributed by atoms with Crippen molar-refractivity contribution in [3.63, 3.8) is 0 Å². The maximum atomic E-state index is 11.1. The van der Waals surface area contributed by atoms with E-state index in [2.05, 4.69) is 15.3 Å². The normalized spacial score (nSPS) is 14.9. The van der Waals surface area contributed by atoms with Crippen LogP contribution in [0.5, 0.6) is 0 Å². The lowest BCUT2D eigenvalue weighted by atomic mass is 10.1. The number of anilines is 1. The first kappa shape index (κ1) is 8.89.